The van der Waals surface area contributed by atoms with Crippen LogP contribution in [0.15, 0.2) is 247 Å². The van der Waals surface area contributed by atoms with Crippen molar-refractivity contribution in [2.45, 2.75) is 17.8 Å². The molecule has 65 heavy (non-hydrogen) atoms. The third-order valence-electron chi connectivity index (χ3n) is 14.4. The molecule has 0 saturated carbocycles. The molecular weight excluding hydrogens is 787 g/mol. The topological polar surface area (TPSA) is 16.4 Å². The van der Waals surface area contributed by atoms with Crippen molar-refractivity contribution in [1.82, 2.24) is 0 Å². The van der Waals surface area contributed by atoms with Gasteiger partial charge in [0.25, 0.3) is 0 Å². The van der Waals surface area contributed by atoms with Gasteiger partial charge in [-0.3, -0.25) is 0 Å². The molecule has 0 radical (unpaired) electrons. The lowest BCUT2D eigenvalue weighted by atomic mass is 9.67. The van der Waals surface area contributed by atoms with E-state index in [0.717, 1.165) is 50.1 Å². The zero-order chi connectivity index (χ0) is 43.1. The third kappa shape index (κ3) is 5.35. The van der Waals surface area contributed by atoms with Gasteiger partial charge in [-0.25, -0.2) is 0 Å². The van der Waals surface area contributed by atoms with Crippen LogP contribution in [0.25, 0.3) is 55.3 Å². The van der Waals surface area contributed by atoms with Crippen molar-refractivity contribution >= 4 is 39.0 Å². The van der Waals surface area contributed by atoms with Crippen molar-refractivity contribution in [2.24, 2.45) is 0 Å². The van der Waals surface area contributed by atoms with E-state index < -0.39 is 5.41 Å². The zero-order valence-electron chi connectivity index (χ0n) is 35.9. The molecule has 2 aliphatic rings. The van der Waals surface area contributed by atoms with Crippen molar-refractivity contribution in [3.63, 3.8) is 0 Å². The smallest absolute Gasteiger partial charge is 0.159 e. The monoisotopic (exact) mass is 829 g/mol. The molecule has 0 aliphatic heterocycles. The molecule has 0 fully saturated rings. The Labute approximate surface area is 379 Å². The highest BCUT2D eigenvalue weighted by atomic mass is 16.3. The molecular formula is C63H43NO. The summed E-state index contributed by atoms with van der Waals surface area (Å²) in [5, 5.41) is 2.19. The van der Waals surface area contributed by atoms with Crippen molar-refractivity contribution in [3.8, 4) is 33.4 Å². The molecule has 10 aromatic carbocycles. The molecule has 0 spiro atoms. The molecule has 0 saturated heterocycles. The molecule has 11 aromatic rings. The molecule has 0 bridgehead atoms. The predicted octanol–water partition coefficient (Wildman–Crippen LogP) is 16.4. The van der Waals surface area contributed by atoms with E-state index in [1.165, 1.54) is 61.2 Å². The van der Waals surface area contributed by atoms with Gasteiger partial charge in [-0.15, -0.1) is 0 Å². The summed E-state index contributed by atoms with van der Waals surface area (Å²) < 4.78 is 6.91. The van der Waals surface area contributed by atoms with Crippen LogP contribution >= 0.6 is 0 Å². The number of benzene rings is 10. The number of furan rings is 1. The highest BCUT2D eigenvalue weighted by molar-refractivity contribution is 6.11. The quantitative estimate of drug-likeness (QED) is 0.159. The van der Waals surface area contributed by atoms with E-state index in [-0.39, 0.29) is 5.41 Å². The van der Waals surface area contributed by atoms with Gasteiger partial charge in [-0.05, 0) is 110 Å². The van der Waals surface area contributed by atoms with Gasteiger partial charge in [-0.2, -0.15) is 0 Å². The fourth-order valence-electron chi connectivity index (χ4n) is 11.5. The Balaban J connectivity index is 1.08. The van der Waals surface area contributed by atoms with Crippen LogP contribution in [-0.4, -0.2) is 0 Å². The summed E-state index contributed by atoms with van der Waals surface area (Å²) >= 11 is 0. The minimum atomic E-state index is -0.558. The molecule has 1 atom stereocenters. The van der Waals surface area contributed by atoms with Crippen LogP contribution in [0.1, 0.15) is 45.9 Å². The molecule has 1 heterocycles. The van der Waals surface area contributed by atoms with Crippen LogP contribution in [0.3, 0.4) is 0 Å². The minimum Gasteiger partial charge on any atom is -0.454 e. The average Bonchev–Trinajstić information content (AvgIpc) is 4.00. The lowest BCUT2D eigenvalue weighted by molar-refractivity contribution is 0.669. The first-order valence-corrected chi connectivity index (χ1v) is 22.6. The van der Waals surface area contributed by atoms with Gasteiger partial charge in [0.15, 0.2) is 5.58 Å². The molecule has 0 amide bonds. The Hall–Kier alpha value is -8.20. The number of nitrogens with zero attached hydrogens (tertiary/aromatic N) is 1. The van der Waals surface area contributed by atoms with Crippen LogP contribution in [0.4, 0.5) is 17.1 Å². The Morgan fingerprint density at radius 3 is 1.62 bits per heavy atom. The third-order valence-corrected chi connectivity index (χ3v) is 14.4. The first-order chi connectivity index (χ1) is 32.1. The summed E-state index contributed by atoms with van der Waals surface area (Å²) in [4.78, 5) is 2.45. The Morgan fingerprint density at radius 2 is 0.877 bits per heavy atom. The van der Waals surface area contributed by atoms with E-state index in [4.69, 9.17) is 4.42 Å². The number of rotatable bonds is 7. The summed E-state index contributed by atoms with van der Waals surface area (Å²) in [5.74, 6) is 0. The number of hydrogen-bond donors (Lipinski definition) is 0. The fraction of sp³-hybridized carbons (Fsp3) is 0.0476. The van der Waals surface area contributed by atoms with E-state index in [1.54, 1.807) is 0 Å². The van der Waals surface area contributed by atoms with Gasteiger partial charge in [0.2, 0.25) is 0 Å². The Kier molecular flexibility index (Phi) is 8.29. The average molecular weight is 830 g/mol. The van der Waals surface area contributed by atoms with Crippen LogP contribution < -0.4 is 4.90 Å². The van der Waals surface area contributed by atoms with Gasteiger partial charge < -0.3 is 9.32 Å². The van der Waals surface area contributed by atoms with Gasteiger partial charge in [-0.1, -0.05) is 206 Å². The van der Waals surface area contributed by atoms with Crippen LogP contribution in [0.5, 0.6) is 0 Å². The second kappa shape index (κ2) is 14.4. The second-order valence-electron chi connectivity index (χ2n) is 17.7. The highest BCUT2D eigenvalue weighted by Gasteiger charge is 2.46. The standard InChI is InChI=1S/C63H43NO/c1-62(43-20-5-2-6-21-43)54-31-15-11-27-48(54)50-38-36-42(40-56(50)62)47-26-13-17-33-58(47)64(59-34-19-30-53-52-29-14-18-35-60(52)65-61(53)59)46-37-39-51-49-28-12-16-32-55(49)63(57(51)41-46,44-22-7-3-8-23-44)45-24-9-4-10-25-45/h2-41H,1H3. The van der Waals surface area contributed by atoms with E-state index in [2.05, 4.69) is 254 Å². The first kappa shape index (κ1) is 37.4. The van der Waals surface area contributed by atoms with Gasteiger partial charge in [0, 0.05) is 27.4 Å². The maximum absolute atomic E-state index is 6.91. The van der Waals surface area contributed by atoms with Crippen molar-refractivity contribution in [1.29, 1.82) is 0 Å². The summed E-state index contributed by atoms with van der Waals surface area (Å²) in [6.45, 7) is 2.39. The van der Waals surface area contributed by atoms with Crippen LogP contribution in [0.2, 0.25) is 0 Å². The largest absolute Gasteiger partial charge is 0.454 e. The maximum Gasteiger partial charge on any atom is 0.159 e. The second-order valence-corrected chi connectivity index (χ2v) is 17.7. The summed E-state index contributed by atoms with van der Waals surface area (Å²) in [7, 11) is 0. The molecule has 2 nitrogen and oxygen atoms in total. The first-order valence-electron chi connectivity index (χ1n) is 22.6. The summed E-state index contributed by atoms with van der Waals surface area (Å²) in [6, 6.07) is 89.1. The molecule has 2 heteroatoms. The molecule has 1 aromatic heterocycles. The molecule has 2 aliphatic carbocycles. The SMILES string of the molecule is CC1(c2ccccc2)c2ccccc2-c2ccc(-c3ccccc3N(c3ccc4c(c3)C(c3ccccc3)(c3ccccc3)c3ccccc3-4)c3cccc4c3oc3ccccc34)cc21. The predicted molar refractivity (Wildman–Crippen MR) is 269 cm³/mol. The van der Waals surface area contributed by atoms with E-state index in [1.807, 2.05) is 0 Å². The molecule has 0 N–H and O–H groups in total. The van der Waals surface area contributed by atoms with Gasteiger partial charge >= 0.3 is 0 Å². The molecule has 1 unspecified atom stereocenters. The van der Waals surface area contributed by atoms with Crippen LogP contribution in [-0.2, 0) is 10.8 Å². The highest BCUT2D eigenvalue weighted by Crippen LogP contribution is 2.58. The summed E-state index contributed by atoms with van der Waals surface area (Å²) in [6.07, 6.45) is 0. The summed E-state index contributed by atoms with van der Waals surface area (Å²) in [5.41, 5.74) is 20.3. The zero-order valence-corrected chi connectivity index (χ0v) is 35.9. The minimum absolute atomic E-state index is 0.328. The normalized spacial score (nSPS) is 15.3. The number of hydrogen-bond acceptors (Lipinski definition) is 2. The lowest BCUT2D eigenvalue weighted by Crippen LogP contribution is -2.28. The van der Waals surface area contributed by atoms with Crippen molar-refractivity contribution in [3.05, 3.63) is 282 Å². The van der Waals surface area contributed by atoms with Crippen LogP contribution in [0, 0.1) is 0 Å². The van der Waals surface area contributed by atoms with Crippen molar-refractivity contribution < 1.29 is 4.42 Å². The maximum atomic E-state index is 6.91. The van der Waals surface area contributed by atoms with E-state index >= 15 is 0 Å². The van der Waals surface area contributed by atoms with E-state index in [0.29, 0.717) is 0 Å². The van der Waals surface area contributed by atoms with E-state index in [9.17, 15) is 0 Å². The fourth-order valence-corrected chi connectivity index (χ4v) is 11.5. The lowest BCUT2D eigenvalue weighted by Gasteiger charge is -2.35. The molecule has 13 rings (SSSR count). The number of anilines is 3. The Bertz CT molecular complexity index is 3580. The number of para-hydroxylation sites is 3. The Morgan fingerprint density at radius 1 is 0.354 bits per heavy atom. The van der Waals surface area contributed by atoms with Gasteiger partial charge in [0.05, 0.1) is 16.8 Å². The molecule has 306 valence electrons. The number of fused-ring (bicyclic) bond motifs is 9. The van der Waals surface area contributed by atoms with Gasteiger partial charge in [0.1, 0.15) is 5.58 Å². The van der Waals surface area contributed by atoms with Crippen molar-refractivity contribution in [2.75, 3.05) is 4.90 Å².